The van der Waals surface area contributed by atoms with E-state index >= 15 is 0 Å². The molecule has 0 spiro atoms. The number of amides is 2. The van der Waals surface area contributed by atoms with Crippen molar-refractivity contribution >= 4 is 40.9 Å². The predicted octanol–water partition coefficient (Wildman–Crippen LogP) is 0.613. The van der Waals surface area contributed by atoms with Crippen LogP contribution in [0, 0.1) is 10.1 Å². The van der Waals surface area contributed by atoms with Crippen LogP contribution in [-0.2, 0) is 9.59 Å². The number of carbonyl (C=O) groups excluding carboxylic acids is 2. The van der Waals surface area contributed by atoms with Crippen LogP contribution in [0.4, 0.5) is 5.69 Å². The van der Waals surface area contributed by atoms with E-state index in [0.717, 1.165) is 18.2 Å². The number of nitrogens with zero attached hydrogens (tertiary/aromatic N) is 1. The molecule has 1 aromatic carbocycles. The van der Waals surface area contributed by atoms with E-state index in [-0.39, 0.29) is 34.3 Å². The van der Waals surface area contributed by atoms with E-state index in [1.165, 1.54) is 0 Å². The molecule has 10 heteroatoms. The molecular formula is C13H11N3O6S. The molecule has 23 heavy (non-hydrogen) atoms. The van der Waals surface area contributed by atoms with Crippen molar-refractivity contribution in [1.82, 2.24) is 10.6 Å². The summed E-state index contributed by atoms with van der Waals surface area (Å²) in [6, 6.07) is 2.08. The highest BCUT2D eigenvalue weighted by atomic mass is 32.1. The van der Waals surface area contributed by atoms with Gasteiger partial charge in [-0.15, -0.1) is 0 Å². The summed E-state index contributed by atoms with van der Waals surface area (Å²) in [6.07, 6.45) is 1.03. The predicted molar refractivity (Wildman–Crippen MR) is 82.8 cm³/mol. The third-order valence-corrected chi connectivity index (χ3v) is 3.05. The Hall–Kier alpha value is -3.01. The number of nitrogens with one attached hydrogen (secondary N) is 2. The van der Waals surface area contributed by atoms with Crippen molar-refractivity contribution in [3.63, 3.8) is 0 Å². The molecule has 9 nitrogen and oxygen atoms in total. The zero-order valence-corrected chi connectivity index (χ0v) is 12.6. The summed E-state index contributed by atoms with van der Waals surface area (Å²) in [6.45, 7) is 1.80. The maximum atomic E-state index is 11.8. The van der Waals surface area contributed by atoms with Crippen LogP contribution >= 0.6 is 12.2 Å². The van der Waals surface area contributed by atoms with E-state index < -0.39 is 22.5 Å². The van der Waals surface area contributed by atoms with Crippen molar-refractivity contribution in [2.45, 2.75) is 6.92 Å². The van der Waals surface area contributed by atoms with E-state index in [4.69, 9.17) is 4.74 Å². The summed E-state index contributed by atoms with van der Waals surface area (Å²) in [5, 5.41) is 25.4. The van der Waals surface area contributed by atoms with Gasteiger partial charge in [-0.25, -0.2) is 0 Å². The SMILES string of the molecule is CCOc1cc([N+](=O)[O-])cc(C=C2C(=O)NC(=S)NC2=O)c1O. The topological polar surface area (TPSA) is 131 Å². The van der Waals surface area contributed by atoms with Crippen molar-refractivity contribution < 1.29 is 24.4 Å². The van der Waals surface area contributed by atoms with E-state index in [1.54, 1.807) is 6.92 Å². The number of phenols is 1. The number of benzene rings is 1. The summed E-state index contributed by atoms with van der Waals surface area (Å²) in [5.41, 5.74) is -0.808. The number of aromatic hydroxyl groups is 1. The first kappa shape index (κ1) is 16.4. The van der Waals surface area contributed by atoms with Crippen molar-refractivity contribution in [3.05, 3.63) is 33.4 Å². The molecule has 1 saturated heterocycles. The lowest BCUT2D eigenvalue weighted by molar-refractivity contribution is -0.385. The van der Waals surface area contributed by atoms with E-state index in [2.05, 4.69) is 22.9 Å². The summed E-state index contributed by atoms with van der Waals surface area (Å²) in [5.74, 6) is -2.09. The molecule has 0 radical (unpaired) electrons. The van der Waals surface area contributed by atoms with Crippen molar-refractivity contribution in [2.75, 3.05) is 6.61 Å². The van der Waals surface area contributed by atoms with Gasteiger partial charge in [-0.05, 0) is 25.2 Å². The molecule has 2 rings (SSSR count). The summed E-state index contributed by atoms with van der Waals surface area (Å²) in [7, 11) is 0. The van der Waals surface area contributed by atoms with Gasteiger partial charge in [0, 0.05) is 11.6 Å². The van der Waals surface area contributed by atoms with Crippen LogP contribution < -0.4 is 15.4 Å². The highest BCUT2D eigenvalue weighted by Gasteiger charge is 2.27. The number of rotatable bonds is 4. The molecule has 1 aliphatic heterocycles. The monoisotopic (exact) mass is 337 g/mol. The Bertz CT molecular complexity index is 736. The van der Waals surface area contributed by atoms with Gasteiger partial charge in [-0.1, -0.05) is 0 Å². The third-order valence-electron chi connectivity index (χ3n) is 2.84. The van der Waals surface area contributed by atoms with Crippen LogP contribution in [-0.4, -0.2) is 33.6 Å². The lowest BCUT2D eigenvalue weighted by Crippen LogP contribution is -2.51. The number of thiocarbonyl (C=S) groups is 1. The van der Waals surface area contributed by atoms with Crippen LogP contribution in [0.15, 0.2) is 17.7 Å². The van der Waals surface area contributed by atoms with Gasteiger partial charge in [0.25, 0.3) is 17.5 Å². The zero-order chi connectivity index (χ0) is 17.1. The molecule has 2 amide bonds. The maximum Gasteiger partial charge on any atom is 0.274 e. The Morgan fingerprint density at radius 1 is 1.35 bits per heavy atom. The molecule has 0 bridgehead atoms. The molecule has 0 atom stereocenters. The van der Waals surface area contributed by atoms with Crippen molar-refractivity contribution in [2.24, 2.45) is 0 Å². The largest absolute Gasteiger partial charge is 0.504 e. The normalized spacial score (nSPS) is 14.1. The van der Waals surface area contributed by atoms with Gasteiger partial charge < -0.3 is 9.84 Å². The molecule has 120 valence electrons. The van der Waals surface area contributed by atoms with Gasteiger partial charge in [-0.3, -0.25) is 30.3 Å². The van der Waals surface area contributed by atoms with E-state index in [0.29, 0.717) is 0 Å². The van der Waals surface area contributed by atoms with Gasteiger partial charge >= 0.3 is 0 Å². The minimum atomic E-state index is -0.775. The fourth-order valence-corrected chi connectivity index (χ4v) is 2.04. The van der Waals surface area contributed by atoms with Gasteiger partial charge in [0.1, 0.15) is 5.57 Å². The lowest BCUT2D eigenvalue weighted by Gasteiger charge is -2.16. The van der Waals surface area contributed by atoms with Gasteiger partial charge in [0.15, 0.2) is 16.6 Å². The quantitative estimate of drug-likeness (QED) is 0.241. The first-order valence-electron chi connectivity index (χ1n) is 6.36. The molecule has 1 aliphatic rings. The second-order valence-corrected chi connectivity index (χ2v) is 4.78. The summed E-state index contributed by atoms with van der Waals surface area (Å²) in [4.78, 5) is 33.8. The number of carbonyl (C=O) groups is 2. The Labute approximate surface area is 135 Å². The molecule has 1 fully saturated rings. The molecule has 1 heterocycles. The van der Waals surface area contributed by atoms with Gasteiger partial charge in [-0.2, -0.15) is 0 Å². The lowest BCUT2D eigenvalue weighted by atomic mass is 10.1. The summed E-state index contributed by atoms with van der Waals surface area (Å²) >= 11 is 4.66. The Kier molecular flexibility index (Phi) is 4.55. The number of ether oxygens (including phenoxy) is 1. The fourth-order valence-electron chi connectivity index (χ4n) is 1.86. The number of nitro benzene ring substituents is 1. The molecule has 0 aliphatic carbocycles. The minimum absolute atomic E-state index is 0.101. The van der Waals surface area contributed by atoms with Crippen LogP contribution in [0.2, 0.25) is 0 Å². The Balaban J connectivity index is 2.55. The second-order valence-electron chi connectivity index (χ2n) is 4.37. The minimum Gasteiger partial charge on any atom is -0.504 e. The molecule has 0 aromatic heterocycles. The van der Waals surface area contributed by atoms with Crippen LogP contribution in [0.25, 0.3) is 6.08 Å². The third kappa shape index (κ3) is 3.43. The molecule has 0 unspecified atom stereocenters. The molecular weight excluding hydrogens is 326 g/mol. The second kappa shape index (κ2) is 6.40. The number of phenolic OH excluding ortho intramolecular Hbond substituents is 1. The average molecular weight is 337 g/mol. The first-order valence-corrected chi connectivity index (χ1v) is 6.76. The number of non-ortho nitro benzene ring substituents is 1. The van der Waals surface area contributed by atoms with E-state index in [9.17, 15) is 24.8 Å². The van der Waals surface area contributed by atoms with Crippen molar-refractivity contribution in [1.29, 1.82) is 0 Å². The van der Waals surface area contributed by atoms with Crippen LogP contribution in [0.3, 0.4) is 0 Å². The highest BCUT2D eigenvalue weighted by molar-refractivity contribution is 7.80. The number of hydrogen-bond donors (Lipinski definition) is 3. The van der Waals surface area contributed by atoms with Crippen LogP contribution in [0.1, 0.15) is 12.5 Å². The van der Waals surface area contributed by atoms with Gasteiger partial charge in [0.2, 0.25) is 0 Å². The highest BCUT2D eigenvalue weighted by Crippen LogP contribution is 2.36. The van der Waals surface area contributed by atoms with Crippen molar-refractivity contribution in [3.8, 4) is 11.5 Å². The standard InChI is InChI=1S/C13H11N3O6S/c1-2-22-9-5-7(16(20)21)3-6(10(9)17)4-8-11(18)14-13(23)15-12(8)19/h3-5,17H,2H2,1H3,(H2,14,15,18,19,23). The smallest absolute Gasteiger partial charge is 0.274 e. The molecule has 1 aromatic rings. The first-order chi connectivity index (χ1) is 10.8. The maximum absolute atomic E-state index is 11.8. The number of nitro groups is 1. The zero-order valence-electron chi connectivity index (χ0n) is 11.8. The van der Waals surface area contributed by atoms with E-state index in [1.807, 2.05) is 0 Å². The molecule has 0 saturated carbocycles. The number of hydrogen-bond acceptors (Lipinski definition) is 7. The summed E-state index contributed by atoms with van der Waals surface area (Å²) < 4.78 is 5.12. The van der Waals surface area contributed by atoms with Crippen LogP contribution in [0.5, 0.6) is 11.5 Å². The Morgan fingerprint density at radius 3 is 2.48 bits per heavy atom. The molecule has 3 N–H and O–H groups in total. The Morgan fingerprint density at radius 2 is 1.96 bits per heavy atom. The average Bonchev–Trinajstić information content (AvgIpc) is 2.46. The fraction of sp³-hybridized carbons (Fsp3) is 0.154. The van der Waals surface area contributed by atoms with Gasteiger partial charge in [0.05, 0.1) is 17.6 Å².